The van der Waals surface area contributed by atoms with Crippen LogP contribution in [0.4, 0.5) is 10.2 Å². The molecule has 0 fully saturated rings. The quantitative estimate of drug-likeness (QED) is 0.740. The maximum atomic E-state index is 13.0. The molecule has 0 bridgehead atoms. The predicted octanol–water partition coefficient (Wildman–Crippen LogP) is 3.41. The van der Waals surface area contributed by atoms with Crippen molar-refractivity contribution in [1.29, 1.82) is 0 Å². The third-order valence-electron chi connectivity index (χ3n) is 3.81. The Morgan fingerprint density at radius 2 is 1.68 bits per heavy atom. The third kappa shape index (κ3) is 3.26. The molecule has 0 aliphatic carbocycles. The molecule has 3 aromatic rings. The first-order valence-electron chi connectivity index (χ1n) is 7.60. The summed E-state index contributed by atoms with van der Waals surface area (Å²) in [7, 11) is 4.64. The van der Waals surface area contributed by atoms with Crippen LogP contribution in [-0.4, -0.2) is 31.3 Å². The Morgan fingerprint density at radius 1 is 0.960 bits per heavy atom. The minimum Gasteiger partial charge on any atom is -0.493 e. The van der Waals surface area contributed by atoms with Gasteiger partial charge < -0.3 is 19.5 Å². The standard InChI is InChI=1S/C18H18FN3O3/c1-23-14-8-13-15(17(25-3)16(14)24-2)21-10-22-18(13)20-9-11-4-6-12(19)7-5-11/h4-8,10H,9H2,1-3H3,(H,20,21,22). The van der Waals surface area contributed by atoms with Crippen LogP contribution in [0, 0.1) is 5.82 Å². The summed E-state index contributed by atoms with van der Waals surface area (Å²) in [4.78, 5) is 8.60. The fourth-order valence-electron chi connectivity index (χ4n) is 2.59. The monoisotopic (exact) mass is 343 g/mol. The molecule has 1 aromatic heterocycles. The molecule has 0 amide bonds. The molecule has 0 atom stereocenters. The molecule has 3 rings (SSSR count). The number of ether oxygens (including phenoxy) is 3. The van der Waals surface area contributed by atoms with Gasteiger partial charge in [0.2, 0.25) is 5.75 Å². The van der Waals surface area contributed by atoms with Crippen LogP contribution < -0.4 is 19.5 Å². The Labute approximate surface area is 144 Å². The average Bonchev–Trinajstić information content (AvgIpc) is 2.65. The second-order valence-corrected chi connectivity index (χ2v) is 5.24. The molecule has 7 heteroatoms. The first kappa shape index (κ1) is 16.8. The normalized spacial score (nSPS) is 10.6. The Hall–Kier alpha value is -3.09. The lowest BCUT2D eigenvalue weighted by atomic mass is 10.1. The van der Waals surface area contributed by atoms with E-state index in [4.69, 9.17) is 14.2 Å². The van der Waals surface area contributed by atoms with Crippen LogP contribution >= 0.6 is 0 Å². The van der Waals surface area contributed by atoms with Gasteiger partial charge in [-0.2, -0.15) is 0 Å². The first-order chi connectivity index (χ1) is 12.2. The number of fused-ring (bicyclic) bond motifs is 1. The zero-order chi connectivity index (χ0) is 17.8. The summed E-state index contributed by atoms with van der Waals surface area (Å²) in [6, 6.07) is 8.08. The van der Waals surface area contributed by atoms with Crippen molar-refractivity contribution in [2.24, 2.45) is 0 Å². The molecular formula is C18H18FN3O3. The fraction of sp³-hybridized carbons (Fsp3) is 0.222. The largest absolute Gasteiger partial charge is 0.493 e. The Kier molecular flexibility index (Phi) is 4.83. The van der Waals surface area contributed by atoms with E-state index >= 15 is 0 Å². The summed E-state index contributed by atoms with van der Waals surface area (Å²) in [5.41, 5.74) is 1.54. The molecule has 2 aromatic carbocycles. The number of nitrogens with one attached hydrogen (secondary N) is 1. The average molecular weight is 343 g/mol. The highest BCUT2D eigenvalue weighted by atomic mass is 19.1. The highest BCUT2D eigenvalue weighted by Gasteiger charge is 2.19. The number of rotatable bonds is 6. The summed E-state index contributed by atoms with van der Waals surface area (Å²) < 4.78 is 29.2. The van der Waals surface area contributed by atoms with Crippen molar-refractivity contribution in [3.63, 3.8) is 0 Å². The zero-order valence-electron chi connectivity index (χ0n) is 14.2. The van der Waals surface area contributed by atoms with E-state index in [1.807, 2.05) is 0 Å². The van der Waals surface area contributed by atoms with Gasteiger partial charge in [0.05, 0.1) is 26.7 Å². The topological polar surface area (TPSA) is 65.5 Å². The number of benzene rings is 2. The van der Waals surface area contributed by atoms with E-state index in [0.717, 1.165) is 10.9 Å². The third-order valence-corrected chi connectivity index (χ3v) is 3.81. The summed E-state index contributed by atoms with van der Waals surface area (Å²) in [5.74, 6) is 1.82. The molecule has 25 heavy (non-hydrogen) atoms. The number of hydrogen-bond donors (Lipinski definition) is 1. The molecule has 0 aliphatic rings. The van der Waals surface area contributed by atoms with Crippen LogP contribution in [0.25, 0.3) is 10.9 Å². The molecule has 0 saturated carbocycles. The lowest BCUT2D eigenvalue weighted by Crippen LogP contribution is -2.04. The van der Waals surface area contributed by atoms with Gasteiger partial charge in [-0.1, -0.05) is 12.1 Å². The van der Waals surface area contributed by atoms with E-state index in [0.29, 0.717) is 35.1 Å². The number of hydrogen-bond acceptors (Lipinski definition) is 6. The zero-order valence-corrected chi connectivity index (χ0v) is 14.2. The highest BCUT2D eigenvalue weighted by Crippen LogP contribution is 2.43. The lowest BCUT2D eigenvalue weighted by molar-refractivity contribution is 0.327. The van der Waals surface area contributed by atoms with Gasteiger partial charge in [0.15, 0.2) is 11.5 Å². The number of methoxy groups -OCH3 is 3. The van der Waals surface area contributed by atoms with Crippen molar-refractivity contribution >= 4 is 16.7 Å². The number of nitrogens with zero attached hydrogens (tertiary/aromatic N) is 2. The van der Waals surface area contributed by atoms with Crippen molar-refractivity contribution < 1.29 is 18.6 Å². The van der Waals surface area contributed by atoms with Crippen molar-refractivity contribution in [2.75, 3.05) is 26.6 Å². The van der Waals surface area contributed by atoms with Gasteiger partial charge in [-0.25, -0.2) is 14.4 Å². The fourth-order valence-corrected chi connectivity index (χ4v) is 2.59. The molecule has 130 valence electrons. The Bertz CT molecular complexity index is 885. The highest BCUT2D eigenvalue weighted by molar-refractivity contribution is 5.96. The molecule has 1 heterocycles. The van der Waals surface area contributed by atoms with E-state index in [-0.39, 0.29) is 5.82 Å². The van der Waals surface area contributed by atoms with Crippen LogP contribution in [-0.2, 0) is 6.54 Å². The van der Waals surface area contributed by atoms with Crippen molar-refractivity contribution in [1.82, 2.24) is 9.97 Å². The van der Waals surface area contributed by atoms with Crippen LogP contribution in [0.5, 0.6) is 17.2 Å². The molecule has 1 N–H and O–H groups in total. The van der Waals surface area contributed by atoms with Gasteiger partial charge in [0.25, 0.3) is 0 Å². The SMILES string of the molecule is COc1cc2c(NCc3ccc(F)cc3)ncnc2c(OC)c1OC. The van der Waals surface area contributed by atoms with Gasteiger partial charge in [-0.3, -0.25) is 0 Å². The number of anilines is 1. The summed E-state index contributed by atoms with van der Waals surface area (Å²) in [6.45, 7) is 0.489. The van der Waals surface area contributed by atoms with Crippen molar-refractivity contribution in [3.05, 3.63) is 48.0 Å². The summed E-state index contributed by atoms with van der Waals surface area (Å²) in [6.07, 6.45) is 1.45. The van der Waals surface area contributed by atoms with Crippen LogP contribution in [0.3, 0.4) is 0 Å². The maximum Gasteiger partial charge on any atom is 0.205 e. The van der Waals surface area contributed by atoms with Gasteiger partial charge >= 0.3 is 0 Å². The van der Waals surface area contributed by atoms with E-state index in [1.165, 1.54) is 18.5 Å². The maximum absolute atomic E-state index is 13.0. The minimum absolute atomic E-state index is 0.266. The Morgan fingerprint density at radius 3 is 2.32 bits per heavy atom. The molecule has 0 aliphatic heterocycles. The summed E-state index contributed by atoms with van der Waals surface area (Å²) in [5, 5.41) is 3.97. The van der Waals surface area contributed by atoms with Crippen LogP contribution in [0.1, 0.15) is 5.56 Å². The van der Waals surface area contributed by atoms with E-state index in [9.17, 15) is 4.39 Å². The number of aromatic nitrogens is 2. The lowest BCUT2D eigenvalue weighted by Gasteiger charge is -2.16. The van der Waals surface area contributed by atoms with Gasteiger partial charge in [-0.05, 0) is 23.8 Å². The summed E-state index contributed by atoms with van der Waals surface area (Å²) >= 11 is 0. The van der Waals surface area contributed by atoms with Crippen molar-refractivity contribution in [2.45, 2.75) is 6.54 Å². The van der Waals surface area contributed by atoms with E-state index < -0.39 is 0 Å². The smallest absolute Gasteiger partial charge is 0.205 e. The van der Waals surface area contributed by atoms with E-state index in [1.54, 1.807) is 39.5 Å². The second kappa shape index (κ2) is 7.21. The molecule has 0 unspecified atom stereocenters. The van der Waals surface area contributed by atoms with Gasteiger partial charge in [0.1, 0.15) is 23.5 Å². The van der Waals surface area contributed by atoms with Crippen LogP contribution in [0.2, 0.25) is 0 Å². The van der Waals surface area contributed by atoms with Gasteiger partial charge in [0, 0.05) is 6.54 Å². The molecule has 0 radical (unpaired) electrons. The molecule has 0 saturated heterocycles. The van der Waals surface area contributed by atoms with E-state index in [2.05, 4.69) is 15.3 Å². The minimum atomic E-state index is -0.266. The Balaban J connectivity index is 2.02. The van der Waals surface area contributed by atoms with Gasteiger partial charge in [-0.15, -0.1) is 0 Å². The molecule has 6 nitrogen and oxygen atoms in total. The van der Waals surface area contributed by atoms with Crippen LogP contribution in [0.15, 0.2) is 36.7 Å². The number of halogens is 1. The molecular weight excluding hydrogens is 325 g/mol. The van der Waals surface area contributed by atoms with Crippen molar-refractivity contribution in [3.8, 4) is 17.2 Å². The molecule has 0 spiro atoms. The first-order valence-corrected chi connectivity index (χ1v) is 7.60. The predicted molar refractivity (Wildman–Crippen MR) is 92.9 cm³/mol. The second-order valence-electron chi connectivity index (χ2n) is 5.24.